The van der Waals surface area contributed by atoms with Gasteiger partial charge in [0.05, 0.1) is 5.75 Å². The highest BCUT2D eigenvalue weighted by molar-refractivity contribution is 7.89. The van der Waals surface area contributed by atoms with Gasteiger partial charge in [-0.05, 0) is 19.8 Å². The van der Waals surface area contributed by atoms with Crippen molar-refractivity contribution < 1.29 is 8.42 Å². The number of hydrogen-bond donors (Lipinski definition) is 3. The molecule has 0 saturated heterocycles. The summed E-state index contributed by atoms with van der Waals surface area (Å²) in [6.45, 7) is 5.27. The number of hydrogen-bond acceptors (Lipinski definition) is 6. The number of rotatable bonds is 8. The average molecular weight is 287 g/mol. The van der Waals surface area contributed by atoms with Gasteiger partial charge in [-0.3, -0.25) is 0 Å². The van der Waals surface area contributed by atoms with E-state index in [1.165, 1.54) is 0 Å². The largest absolute Gasteiger partial charge is 0.370 e. The summed E-state index contributed by atoms with van der Waals surface area (Å²) in [6, 6.07) is 0. The van der Waals surface area contributed by atoms with Crippen molar-refractivity contribution in [2.45, 2.75) is 26.7 Å². The molecule has 108 valence electrons. The molecular weight excluding hydrogens is 266 g/mol. The number of nitrogens with one attached hydrogen (secondary N) is 2. The second kappa shape index (κ2) is 7.25. The number of aryl methyl sites for hydroxylation is 1. The molecule has 1 aromatic heterocycles. The van der Waals surface area contributed by atoms with Crippen LogP contribution in [0.2, 0.25) is 0 Å². The molecule has 0 atom stereocenters. The van der Waals surface area contributed by atoms with Crippen LogP contribution in [0.4, 0.5) is 11.8 Å². The lowest BCUT2D eigenvalue weighted by Crippen LogP contribution is -2.19. The zero-order valence-corrected chi connectivity index (χ0v) is 12.1. The molecule has 19 heavy (non-hydrogen) atoms. The van der Waals surface area contributed by atoms with Gasteiger partial charge < -0.3 is 10.6 Å². The highest BCUT2D eigenvalue weighted by Crippen LogP contribution is 2.12. The normalized spacial score (nSPS) is 11.3. The Balaban J connectivity index is 2.52. The molecule has 1 heterocycles. The first-order valence-electron chi connectivity index (χ1n) is 6.24. The molecule has 8 heteroatoms. The Labute approximate surface area is 114 Å². The first-order chi connectivity index (χ1) is 8.92. The number of nitrogens with zero attached hydrogens (tertiary/aromatic N) is 2. The van der Waals surface area contributed by atoms with Crippen molar-refractivity contribution in [2.24, 2.45) is 5.14 Å². The number of aromatic nitrogens is 2. The second-order valence-corrected chi connectivity index (χ2v) is 6.03. The molecule has 0 fully saturated rings. The zero-order chi connectivity index (χ0) is 14.3. The molecule has 1 rings (SSSR count). The van der Waals surface area contributed by atoms with Crippen molar-refractivity contribution in [2.75, 3.05) is 29.5 Å². The molecule has 4 N–H and O–H groups in total. The first kappa shape index (κ1) is 15.6. The van der Waals surface area contributed by atoms with E-state index in [-0.39, 0.29) is 5.75 Å². The molecule has 0 aromatic carbocycles. The van der Waals surface area contributed by atoms with Crippen molar-refractivity contribution in [3.63, 3.8) is 0 Å². The third kappa shape index (κ3) is 6.35. The molecule has 0 amide bonds. The van der Waals surface area contributed by atoms with Crippen molar-refractivity contribution in [1.82, 2.24) is 9.97 Å². The van der Waals surface area contributed by atoms with E-state index in [1.54, 1.807) is 6.20 Å². The highest BCUT2D eigenvalue weighted by Gasteiger charge is 2.05. The Morgan fingerprint density at radius 1 is 1.32 bits per heavy atom. The molecule has 0 saturated carbocycles. The van der Waals surface area contributed by atoms with Crippen LogP contribution in [0.5, 0.6) is 0 Å². The average Bonchev–Trinajstić information content (AvgIpc) is 2.33. The molecule has 7 nitrogen and oxygen atoms in total. The maximum Gasteiger partial charge on any atom is 0.224 e. The fourth-order valence-electron chi connectivity index (χ4n) is 1.42. The third-order valence-corrected chi connectivity index (χ3v) is 3.26. The van der Waals surface area contributed by atoms with Crippen molar-refractivity contribution in [3.05, 3.63) is 11.8 Å². The quantitative estimate of drug-likeness (QED) is 0.607. The van der Waals surface area contributed by atoms with Gasteiger partial charge in [-0.2, -0.15) is 4.98 Å². The van der Waals surface area contributed by atoms with Crippen LogP contribution >= 0.6 is 0 Å². The Bertz CT molecular complexity index is 504. The Morgan fingerprint density at radius 3 is 2.68 bits per heavy atom. The molecular formula is C11H21N5O2S. The van der Waals surface area contributed by atoms with Gasteiger partial charge in [0.1, 0.15) is 5.82 Å². The van der Waals surface area contributed by atoms with Crippen LogP contribution in [0, 0.1) is 6.92 Å². The van der Waals surface area contributed by atoms with E-state index in [4.69, 9.17) is 5.14 Å². The van der Waals surface area contributed by atoms with Crippen LogP contribution in [0.3, 0.4) is 0 Å². The van der Waals surface area contributed by atoms with Crippen LogP contribution in [-0.2, 0) is 10.0 Å². The van der Waals surface area contributed by atoms with E-state index in [0.29, 0.717) is 24.7 Å². The van der Waals surface area contributed by atoms with Gasteiger partial charge in [0.15, 0.2) is 0 Å². The number of primary sulfonamides is 1. The highest BCUT2D eigenvalue weighted by atomic mass is 32.2. The van der Waals surface area contributed by atoms with E-state index < -0.39 is 10.0 Å². The summed E-state index contributed by atoms with van der Waals surface area (Å²) in [5.41, 5.74) is 0.914. The molecule has 0 aliphatic heterocycles. The number of nitrogens with two attached hydrogens (primary N) is 1. The maximum atomic E-state index is 10.8. The summed E-state index contributed by atoms with van der Waals surface area (Å²) in [5, 5.41) is 11.1. The summed E-state index contributed by atoms with van der Waals surface area (Å²) >= 11 is 0. The molecule has 0 radical (unpaired) electrons. The lowest BCUT2D eigenvalue weighted by Gasteiger charge is -2.10. The predicted octanol–water partition coefficient (Wildman–Crippen LogP) is 0.697. The van der Waals surface area contributed by atoms with Crippen molar-refractivity contribution in [3.8, 4) is 0 Å². The van der Waals surface area contributed by atoms with Gasteiger partial charge in [-0.25, -0.2) is 18.5 Å². The van der Waals surface area contributed by atoms with Crippen LogP contribution < -0.4 is 15.8 Å². The maximum absolute atomic E-state index is 10.8. The lowest BCUT2D eigenvalue weighted by molar-refractivity contribution is 0.595. The van der Waals surface area contributed by atoms with E-state index >= 15 is 0 Å². The fourth-order valence-corrected chi connectivity index (χ4v) is 1.97. The predicted molar refractivity (Wildman–Crippen MR) is 76.6 cm³/mol. The summed E-state index contributed by atoms with van der Waals surface area (Å²) in [5.74, 6) is 1.25. The smallest absolute Gasteiger partial charge is 0.224 e. The molecule has 0 spiro atoms. The molecule has 0 aliphatic carbocycles. The summed E-state index contributed by atoms with van der Waals surface area (Å²) in [6.07, 6.45) is 3.17. The van der Waals surface area contributed by atoms with Gasteiger partial charge in [0.25, 0.3) is 0 Å². The van der Waals surface area contributed by atoms with Gasteiger partial charge in [-0.1, -0.05) is 6.92 Å². The van der Waals surface area contributed by atoms with Crippen LogP contribution in [0.25, 0.3) is 0 Å². The Morgan fingerprint density at radius 2 is 2.05 bits per heavy atom. The minimum Gasteiger partial charge on any atom is -0.370 e. The summed E-state index contributed by atoms with van der Waals surface area (Å²) < 4.78 is 21.6. The monoisotopic (exact) mass is 287 g/mol. The SMILES string of the molecule is CCCNc1ncc(C)c(NCCCS(N)(=O)=O)n1. The number of sulfonamides is 1. The molecule has 0 bridgehead atoms. The van der Waals surface area contributed by atoms with Crippen molar-refractivity contribution in [1.29, 1.82) is 0 Å². The summed E-state index contributed by atoms with van der Waals surface area (Å²) in [4.78, 5) is 8.50. The molecule has 0 aliphatic rings. The Hall–Kier alpha value is -1.41. The van der Waals surface area contributed by atoms with Gasteiger partial charge in [0.2, 0.25) is 16.0 Å². The minimum absolute atomic E-state index is 0.0366. The Kier molecular flexibility index (Phi) is 5.97. The molecule has 1 aromatic rings. The van der Waals surface area contributed by atoms with E-state index in [1.807, 2.05) is 6.92 Å². The second-order valence-electron chi connectivity index (χ2n) is 4.30. The standard InChI is InChI=1S/C11H21N5O2S/c1-3-5-14-11-15-8-9(2)10(16-11)13-6-4-7-19(12,17)18/h8H,3-7H2,1-2H3,(H2,12,17,18)(H2,13,14,15,16). The lowest BCUT2D eigenvalue weighted by atomic mass is 10.3. The van der Waals surface area contributed by atoms with E-state index in [9.17, 15) is 8.42 Å². The first-order valence-corrected chi connectivity index (χ1v) is 7.96. The minimum atomic E-state index is -3.39. The van der Waals surface area contributed by atoms with Gasteiger partial charge >= 0.3 is 0 Å². The third-order valence-electron chi connectivity index (χ3n) is 2.40. The van der Waals surface area contributed by atoms with Gasteiger partial charge in [0, 0.05) is 24.8 Å². The molecule has 0 unspecified atom stereocenters. The number of anilines is 2. The van der Waals surface area contributed by atoms with E-state index in [0.717, 1.165) is 18.5 Å². The van der Waals surface area contributed by atoms with Crippen LogP contribution in [0.15, 0.2) is 6.20 Å². The van der Waals surface area contributed by atoms with Crippen LogP contribution in [-0.4, -0.2) is 37.2 Å². The topological polar surface area (TPSA) is 110 Å². The van der Waals surface area contributed by atoms with E-state index in [2.05, 4.69) is 27.5 Å². The van der Waals surface area contributed by atoms with Crippen molar-refractivity contribution >= 4 is 21.8 Å². The fraction of sp³-hybridized carbons (Fsp3) is 0.636. The van der Waals surface area contributed by atoms with Gasteiger partial charge in [-0.15, -0.1) is 0 Å². The zero-order valence-electron chi connectivity index (χ0n) is 11.3. The van der Waals surface area contributed by atoms with Crippen LogP contribution in [0.1, 0.15) is 25.3 Å². The summed E-state index contributed by atoms with van der Waals surface area (Å²) in [7, 11) is -3.39.